The summed E-state index contributed by atoms with van der Waals surface area (Å²) in [4.78, 5) is 0. The molecule has 0 radical (unpaired) electrons. The zero-order chi connectivity index (χ0) is 14.1. The Kier molecular flexibility index (Phi) is 3.10. The van der Waals surface area contributed by atoms with Gasteiger partial charge in [0.2, 0.25) is 5.88 Å². The highest BCUT2D eigenvalue weighted by Crippen LogP contribution is 2.44. The van der Waals surface area contributed by atoms with E-state index in [-0.39, 0.29) is 17.6 Å². The Labute approximate surface area is 115 Å². The summed E-state index contributed by atoms with van der Waals surface area (Å²) < 4.78 is 23.9. The number of halogens is 1. The maximum atomic E-state index is 13.3. The topological polar surface area (TPSA) is 68.6 Å². The first-order valence-corrected chi connectivity index (χ1v) is 6.32. The molecule has 20 heavy (non-hydrogen) atoms. The fourth-order valence-electron chi connectivity index (χ4n) is 2.36. The van der Waals surface area contributed by atoms with Crippen LogP contribution in [0.15, 0.2) is 41.0 Å². The van der Waals surface area contributed by atoms with E-state index >= 15 is 0 Å². The van der Waals surface area contributed by atoms with E-state index in [1.165, 1.54) is 12.1 Å². The molecule has 3 N–H and O–H groups in total. The quantitative estimate of drug-likeness (QED) is 0.881. The molecule has 0 saturated heterocycles. The maximum absolute atomic E-state index is 13.3. The fourth-order valence-corrected chi connectivity index (χ4v) is 2.36. The van der Waals surface area contributed by atoms with Crippen LogP contribution in [-0.2, 0) is 4.74 Å². The highest BCUT2D eigenvalue weighted by atomic mass is 19.1. The lowest BCUT2D eigenvalue weighted by atomic mass is 9.98. The zero-order valence-corrected chi connectivity index (χ0v) is 10.7. The van der Waals surface area contributed by atoms with Gasteiger partial charge in [-0.05, 0) is 30.2 Å². The Morgan fingerprint density at radius 1 is 1.35 bits per heavy atom. The molecule has 0 spiro atoms. The van der Waals surface area contributed by atoms with Crippen LogP contribution in [0.3, 0.4) is 0 Å². The van der Waals surface area contributed by atoms with E-state index in [0.717, 1.165) is 0 Å². The molecule has 0 amide bonds. The van der Waals surface area contributed by atoms with Gasteiger partial charge in [-0.1, -0.05) is 12.1 Å². The monoisotopic (exact) mass is 275 g/mol. The number of furan rings is 1. The SMILES string of the molecule is Nc1oc(C2C=COCC2)c(O)c1-c1cccc(F)c1. The molecule has 3 rings (SSSR count). The van der Waals surface area contributed by atoms with Gasteiger partial charge >= 0.3 is 0 Å². The van der Waals surface area contributed by atoms with Crippen molar-refractivity contribution in [1.29, 1.82) is 0 Å². The molecular formula is C15H14FNO3. The number of hydrogen-bond acceptors (Lipinski definition) is 4. The van der Waals surface area contributed by atoms with Crippen LogP contribution in [0.25, 0.3) is 11.1 Å². The predicted octanol–water partition coefficient (Wildman–Crippen LogP) is 3.39. The Morgan fingerprint density at radius 3 is 2.90 bits per heavy atom. The lowest BCUT2D eigenvalue weighted by molar-refractivity contribution is 0.216. The number of ether oxygens (including phenoxy) is 1. The Hall–Kier alpha value is -2.43. The van der Waals surface area contributed by atoms with Crippen LogP contribution in [0.1, 0.15) is 18.1 Å². The van der Waals surface area contributed by atoms with Gasteiger partial charge in [0.25, 0.3) is 0 Å². The van der Waals surface area contributed by atoms with Crippen molar-refractivity contribution in [2.75, 3.05) is 12.3 Å². The number of rotatable bonds is 2. The van der Waals surface area contributed by atoms with E-state index in [9.17, 15) is 9.50 Å². The molecule has 2 aromatic rings. The van der Waals surface area contributed by atoms with Crippen LogP contribution in [0.2, 0.25) is 0 Å². The van der Waals surface area contributed by atoms with Crippen LogP contribution in [0.4, 0.5) is 10.3 Å². The van der Waals surface area contributed by atoms with Gasteiger partial charge in [0, 0.05) is 5.92 Å². The van der Waals surface area contributed by atoms with Gasteiger partial charge in [-0.2, -0.15) is 0 Å². The second kappa shape index (κ2) is 4.92. The summed E-state index contributed by atoms with van der Waals surface area (Å²) in [5.74, 6) is -0.0441. The smallest absolute Gasteiger partial charge is 0.202 e. The minimum atomic E-state index is -0.394. The number of benzene rings is 1. The molecular weight excluding hydrogens is 261 g/mol. The van der Waals surface area contributed by atoms with E-state index in [2.05, 4.69) is 0 Å². The highest BCUT2D eigenvalue weighted by Gasteiger charge is 2.26. The van der Waals surface area contributed by atoms with Crippen molar-refractivity contribution in [2.24, 2.45) is 0 Å². The molecule has 1 aliphatic heterocycles. The van der Waals surface area contributed by atoms with Gasteiger partial charge in [0.15, 0.2) is 11.5 Å². The Balaban J connectivity index is 2.07. The minimum Gasteiger partial charge on any atom is -0.504 e. The number of anilines is 1. The number of hydrogen-bond donors (Lipinski definition) is 2. The van der Waals surface area contributed by atoms with Crippen LogP contribution in [0, 0.1) is 5.82 Å². The molecule has 0 bridgehead atoms. The number of nitrogens with two attached hydrogens (primary N) is 1. The molecule has 0 fully saturated rings. The molecule has 104 valence electrons. The predicted molar refractivity (Wildman–Crippen MR) is 72.6 cm³/mol. The van der Waals surface area contributed by atoms with Gasteiger partial charge in [-0.3, -0.25) is 0 Å². The fraction of sp³-hybridized carbons (Fsp3) is 0.200. The lowest BCUT2D eigenvalue weighted by Crippen LogP contribution is -2.04. The third-order valence-corrected chi connectivity index (χ3v) is 3.34. The van der Waals surface area contributed by atoms with Crippen molar-refractivity contribution in [3.05, 3.63) is 48.2 Å². The lowest BCUT2D eigenvalue weighted by Gasteiger charge is -2.14. The van der Waals surface area contributed by atoms with E-state index in [1.54, 1.807) is 24.5 Å². The van der Waals surface area contributed by atoms with Crippen LogP contribution in [-0.4, -0.2) is 11.7 Å². The second-order valence-electron chi connectivity index (χ2n) is 4.66. The minimum absolute atomic E-state index is 0.0374. The summed E-state index contributed by atoms with van der Waals surface area (Å²) in [7, 11) is 0. The molecule has 1 aromatic heterocycles. The molecule has 4 nitrogen and oxygen atoms in total. The molecule has 1 aliphatic rings. The normalized spacial score (nSPS) is 17.9. The average Bonchev–Trinajstić information content (AvgIpc) is 2.75. The third kappa shape index (κ3) is 2.11. The van der Waals surface area contributed by atoms with E-state index in [1.807, 2.05) is 0 Å². The second-order valence-corrected chi connectivity index (χ2v) is 4.66. The third-order valence-electron chi connectivity index (χ3n) is 3.34. The van der Waals surface area contributed by atoms with E-state index in [4.69, 9.17) is 14.9 Å². The van der Waals surface area contributed by atoms with Gasteiger partial charge in [0.1, 0.15) is 5.82 Å². The van der Waals surface area contributed by atoms with Crippen LogP contribution in [0.5, 0.6) is 5.75 Å². The van der Waals surface area contributed by atoms with Crippen molar-refractivity contribution in [2.45, 2.75) is 12.3 Å². The van der Waals surface area contributed by atoms with E-state index < -0.39 is 5.82 Å². The molecule has 5 heteroatoms. The molecule has 1 atom stereocenters. The highest BCUT2D eigenvalue weighted by molar-refractivity contribution is 5.80. The van der Waals surface area contributed by atoms with Gasteiger partial charge < -0.3 is 20.0 Å². The number of allylic oxidation sites excluding steroid dienone is 1. The number of nitrogen functional groups attached to an aromatic ring is 1. The summed E-state index contributed by atoms with van der Waals surface area (Å²) in [5.41, 5.74) is 6.65. The number of aromatic hydroxyl groups is 1. The van der Waals surface area contributed by atoms with Crippen LogP contribution < -0.4 is 5.73 Å². The standard InChI is InChI=1S/C15H14FNO3/c16-11-3-1-2-10(8-11)12-13(18)14(20-15(12)17)9-4-6-19-7-5-9/h1-4,6,8-9,18H,5,7,17H2. The summed E-state index contributed by atoms with van der Waals surface area (Å²) in [5, 5.41) is 10.3. The first kappa shape index (κ1) is 12.6. The Morgan fingerprint density at radius 2 is 2.20 bits per heavy atom. The summed E-state index contributed by atoms with van der Waals surface area (Å²) >= 11 is 0. The maximum Gasteiger partial charge on any atom is 0.202 e. The van der Waals surface area contributed by atoms with Gasteiger partial charge in [0.05, 0.1) is 18.4 Å². The first-order chi connectivity index (χ1) is 9.66. The molecule has 0 aliphatic carbocycles. The van der Waals surface area contributed by atoms with Crippen molar-refractivity contribution in [3.8, 4) is 16.9 Å². The van der Waals surface area contributed by atoms with Crippen LogP contribution >= 0.6 is 0 Å². The average molecular weight is 275 g/mol. The molecule has 2 heterocycles. The molecule has 0 saturated carbocycles. The summed E-state index contributed by atoms with van der Waals surface area (Å²) in [6.45, 7) is 0.552. The van der Waals surface area contributed by atoms with Crippen molar-refractivity contribution >= 4 is 5.88 Å². The summed E-state index contributed by atoms with van der Waals surface area (Å²) in [6.07, 6.45) is 4.07. The van der Waals surface area contributed by atoms with E-state index in [0.29, 0.717) is 29.9 Å². The van der Waals surface area contributed by atoms with Crippen molar-refractivity contribution < 1.29 is 18.7 Å². The molecule has 1 aromatic carbocycles. The van der Waals surface area contributed by atoms with Gasteiger partial charge in [-0.25, -0.2) is 4.39 Å². The Bertz CT molecular complexity index is 663. The molecule has 1 unspecified atom stereocenters. The zero-order valence-electron chi connectivity index (χ0n) is 10.7. The first-order valence-electron chi connectivity index (χ1n) is 6.32. The largest absolute Gasteiger partial charge is 0.504 e. The van der Waals surface area contributed by atoms with Crippen molar-refractivity contribution in [1.82, 2.24) is 0 Å². The van der Waals surface area contributed by atoms with Gasteiger partial charge in [-0.15, -0.1) is 0 Å². The summed E-state index contributed by atoms with van der Waals surface area (Å²) in [6, 6.07) is 5.88. The van der Waals surface area contributed by atoms with Crippen molar-refractivity contribution in [3.63, 3.8) is 0 Å².